The molecule has 3 N–H and O–H groups in total. The number of nitrogens with one attached hydrogen (secondary N) is 3. The number of benzene rings is 2. The molecule has 0 atom stereocenters. The summed E-state index contributed by atoms with van der Waals surface area (Å²) in [5, 5.41) is 8.80. The maximum absolute atomic E-state index is 12.6. The van der Waals surface area contributed by atoms with E-state index in [4.69, 9.17) is 0 Å². The number of aryl methyl sites for hydroxylation is 2. The largest absolute Gasteiger partial charge is 0.340 e. The summed E-state index contributed by atoms with van der Waals surface area (Å²) in [6.07, 6.45) is 1.60. The lowest BCUT2D eigenvalue weighted by molar-refractivity contribution is -0.114. The van der Waals surface area contributed by atoms with Crippen LogP contribution in [0.2, 0.25) is 0 Å². The highest BCUT2D eigenvalue weighted by molar-refractivity contribution is 6.04. The standard InChI is InChI=1S/C22H22N4O2/c1-14-4-5-15(2)20(12-14)26-21-13-17(10-11-23-21)22(28)25-19-8-6-18(7-9-19)24-16(3)27/h4-13H,1-3H3,(H,23,26)(H,24,27)(H,25,28). The quantitative estimate of drug-likeness (QED) is 0.607. The van der Waals surface area contributed by atoms with Crippen LogP contribution in [0.5, 0.6) is 0 Å². The molecule has 28 heavy (non-hydrogen) atoms. The minimum absolute atomic E-state index is 0.141. The zero-order chi connectivity index (χ0) is 20.1. The van der Waals surface area contributed by atoms with Crippen LogP contribution in [0.25, 0.3) is 0 Å². The molecule has 0 saturated carbocycles. The van der Waals surface area contributed by atoms with E-state index >= 15 is 0 Å². The Bertz CT molecular complexity index is 1010. The van der Waals surface area contributed by atoms with Gasteiger partial charge in [-0.2, -0.15) is 0 Å². The van der Waals surface area contributed by atoms with Crippen LogP contribution in [0.15, 0.2) is 60.8 Å². The second-order valence-corrected chi connectivity index (χ2v) is 6.59. The molecule has 0 aliphatic rings. The minimum atomic E-state index is -0.237. The summed E-state index contributed by atoms with van der Waals surface area (Å²) in [7, 11) is 0. The molecular formula is C22H22N4O2. The number of pyridine rings is 1. The highest BCUT2D eigenvalue weighted by atomic mass is 16.2. The summed E-state index contributed by atoms with van der Waals surface area (Å²) in [6, 6.07) is 16.4. The molecule has 3 rings (SSSR count). The zero-order valence-electron chi connectivity index (χ0n) is 16.0. The Morgan fingerprint density at radius 2 is 1.54 bits per heavy atom. The van der Waals surface area contributed by atoms with Crippen LogP contribution in [-0.4, -0.2) is 16.8 Å². The molecule has 0 aliphatic heterocycles. The number of amides is 2. The number of hydrogen-bond acceptors (Lipinski definition) is 4. The third-order valence-electron chi connectivity index (χ3n) is 4.14. The van der Waals surface area contributed by atoms with Crippen LogP contribution in [0, 0.1) is 13.8 Å². The van der Waals surface area contributed by atoms with Crippen molar-refractivity contribution in [2.45, 2.75) is 20.8 Å². The monoisotopic (exact) mass is 374 g/mol. The number of nitrogens with zero attached hydrogens (tertiary/aromatic N) is 1. The maximum Gasteiger partial charge on any atom is 0.255 e. The molecular weight excluding hydrogens is 352 g/mol. The topological polar surface area (TPSA) is 83.1 Å². The van der Waals surface area contributed by atoms with Gasteiger partial charge in [-0.1, -0.05) is 12.1 Å². The van der Waals surface area contributed by atoms with Gasteiger partial charge in [0, 0.05) is 35.7 Å². The van der Waals surface area contributed by atoms with Crippen LogP contribution in [0.3, 0.4) is 0 Å². The van der Waals surface area contributed by atoms with Gasteiger partial charge in [0.05, 0.1) is 0 Å². The fourth-order valence-electron chi connectivity index (χ4n) is 2.69. The lowest BCUT2D eigenvalue weighted by atomic mass is 10.1. The van der Waals surface area contributed by atoms with Crippen LogP contribution < -0.4 is 16.0 Å². The first-order valence-corrected chi connectivity index (χ1v) is 8.90. The average molecular weight is 374 g/mol. The third-order valence-corrected chi connectivity index (χ3v) is 4.14. The van der Waals surface area contributed by atoms with Gasteiger partial charge < -0.3 is 16.0 Å². The lowest BCUT2D eigenvalue weighted by Gasteiger charge is -2.11. The Kier molecular flexibility index (Phi) is 5.69. The number of rotatable bonds is 5. The minimum Gasteiger partial charge on any atom is -0.340 e. The van der Waals surface area contributed by atoms with E-state index in [0.29, 0.717) is 22.8 Å². The molecule has 142 valence electrons. The van der Waals surface area contributed by atoms with Gasteiger partial charge in [0.25, 0.3) is 5.91 Å². The number of aromatic nitrogens is 1. The highest BCUT2D eigenvalue weighted by Gasteiger charge is 2.09. The average Bonchev–Trinajstić information content (AvgIpc) is 2.66. The molecule has 0 spiro atoms. The summed E-state index contributed by atoms with van der Waals surface area (Å²) in [5.74, 6) is 0.221. The van der Waals surface area contributed by atoms with Crippen molar-refractivity contribution >= 4 is 34.7 Å². The van der Waals surface area contributed by atoms with Crippen LogP contribution >= 0.6 is 0 Å². The van der Waals surface area contributed by atoms with Gasteiger partial charge in [-0.3, -0.25) is 9.59 Å². The summed E-state index contributed by atoms with van der Waals surface area (Å²) < 4.78 is 0. The molecule has 6 heteroatoms. The van der Waals surface area contributed by atoms with Crippen molar-refractivity contribution in [3.8, 4) is 0 Å². The van der Waals surface area contributed by atoms with Gasteiger partial charge in [-0.05, 0) is 67.4 Å². The van der Waals surface area contributed by atoms with Gasteiger partial charge in [0.15, 0.2) is 0 Å². The van der Waals surface area contributed by atoms with E-state index in [0.717, 1.165) is 16.8 Å². The molecule has 0 saturated heterocycles. The van der Waals surface area contributed by atoms with Crippen LogP contribution in [0.4, 0.5) is 22.9 Å². The first kappa shape index (κ1) is 19.1. The first-order chi connectivity index (χ1) is 13.4. The summed E-state index contributed by atoms with van der Waals surface area (Å²) >= 11 is 0. The normalized spacial score (nSPS) is 10.2. The smallest absolute Gasteiger partial charge is 0.255 e. The van der Waals surface area contributed by atoms with Gasteiger partial charge >= 0.3 is 0 Å². The Morgan fingerprint density at radius 1 is 0.857 bits per heavy atom. The van der Waals surface area contributed by atoms with E-state index in [1.807, 2.05) is 26.0 Å². The van der Waals surface area contributed by atoms with E-state index in [9.17, 15) is 9.59 Å². The maximum atomic E-state index is 12.6. The zero-order valence-corrected chi connectivity index (χ0v) is 16.0. The molecule has 1 heterocycles. The Balaban J connectivity index is 1.71. The Morgan fingerprint density at radius 3 is 2.21 bits per heavy atom. The number of carbonyl (C=O) groups excluding carboxylic acids is 2. The van der Waals surface area contributed by atoms with Crippen molar-refractivity contribution in [3.63, 3.8) is 0 Å². The van der Waals surface area contributed by atoms with E-state index in [1.54, 1.807) is 42.6 Å². The molecule has 0 aliphatic carbocycles. The summed E-state index contributed by atoms with van der Waals surface area (Å²) in [6.45, 7) is 5.49. The molecule has 0 fully saturated rings. The number of hydrogen-bond donors (Lipinski definition) is 3. The third kappa shape index (κ3) is 4.94. The molecule has 6 nitrogen and oxygen atoms in total. The molecule has 0 unspecified atom stereocenters. The van der Waals surface area contributed by atoms with Crippen molar-refractivity contribution in [2.75, 3.05) is 16.0 Å². The predicted octanol–water partition coefficient (Wildman–Crippen LogP) is 4.65. The number of anilines is 4. The van der Waals surface area contributed by atoms with E-state index in [2.05, 4.69) is 27.0 Å². The predicted molar refractivity (Wildman–Crippen MR) is 112 cm³/mol. The molecule has 1 aromatic heterocycles. The van der Waals surface area contributed by atoms with Crippen molar-refractivity contribution in [3.05, 3.63) is 77.5 Å². The van der Waals surface area contributed by atoms with Crippen LogP contribution in [0.1, 0.15) is 28.4 Å². The van der Waals surface area contributed by atoms with Gasteiger partial charge in [0.1, 0.15) is 5.82 Å². The molecule has 3 aromatic rings. The molecule has 0 radical (unpaired) electrons. The molecule has 0 bridgehead atoms. The fraction of sp³-hybridized carbons (Fsp3) is 0.136. The fourth-order valence-corrected chi connectivity index (χ4v) is 2.69. The second-order valence-electron chi connectivity index (χ2n) is 6.59. The van der Waals surface area contributed by atoms with Gasteiger partial charge in [0.2, 0.25) is 5.91 Å². The lowest BCUT2D eigenvalue weighted by Crippen LogP contribution is -2.12. The van der Waals surface area contributed by atoms with E-state index in [-0.39, 0.29) is 11.8 Å². The van der Waals surface area contributed by atoms with Gasteiger partial charge in [-0.25, -0.2) is 4.98 Å². The van der Waals surface area contributed by atoms with Crippen molar-refractivity contribution in [1.82, 2.24) is 4.98 Å². The van der Waals surface area contributed by atoms with Crippen molar-refractivity contribution in [1.29, 1.82) is 0 Å². The SMILES string of the molecule is CC(=O)Nc1ccc(NC(=O)c2ccnc(Nc3cc(C)ccc3C)c2)cc1. The van der Waals surface area contributed by atoms with Gasteiger partial charge in [-0.15, -0.1) is 0 Å². The number of carbonyl (C=O) groups is 2. The summed E-state index contributed by atoms with van der Waals surface area (Å²) in [5.41, 5.74) is 5.01. The van der Waals surface area contributed by atoms with E-state index in [1.165, 1.54) is 6.92 Å². The highest BCUT2D eigenvalue weighted by Crippen LogP contribution is 2.21. The summed E-state index contributed by atoms with van der Waals surface area (Å²) in [4.78, 5) is 27.9. The van der Waals surface area contributed by atoms with Crippen molar-refractivity contribution < 1.29 is 9.59 Å². The van der Waals surface area contributed by atoms with Crippen molar-refractivity contribution in [2.24, 2.45) is 0 Å². The molecule has 2 amide bonds. The first-order valence-electron chi connectivity index (χ1n) is 8.90. The molecule has 2 aromatic carbocycles. The van der Waals surface area contributed by atoms with Crippen LogP contribution in [-0.2, 0) is 4.79 Å². The van der Waals surface area contributed by atoms with E-state index < -0.39 is 0 Å². The Hall–Kier alpha value is -3.67. The second kappa shape index (κ2) is 8.35. The Labute approximate surface area is 164 Å².